The lowest BCUT2D eigenvalue weighted by Crippen LogP contribution is -2.45. The number of para-hydroxylation sites is 1. The zero-order valence-electron chi connectivity index (χ0n) is 14.2. The van der Waals surface area contributed by atoms with Crippen molar-refractivity contribution in [2.45, 2.75) is 25.8 Å². The van der Waals surface area contributed by atoms with Crippen molar-refractivity contribution < 1.29 is 9.53 Å². The maximum atomic E-state index is 12.9. The standard InChI is InChI=1S/C19H22BrN3O2/c1-2-25-17-8-4-3-7-16(17)19(24)23-11-5-6-15(13-23)22-18-10-9-14(20)12-21-18/h3-4,7-10,12,15H,2,5-6,11,13H2,1H3,(H,21,22). The highest BCUT2D eigenvalue weighted by Crippen LogP contribution is 2.23. The number of hydrogen-bond donors (Lipinski definition) is 1. The largest absolute Gasteiger partial charge is 0.493 e. The lowest BCUT2D eigenvalue weighted by Gasteiger charge is -2.33. The van der Waals surface area contributed by atoms with E-state index in [9.17, 15) is 4.79 Å². The van der Waals surface area contributed by atoms with E-state index >= 15 is 0 Å². The number of carbonyl (C=O) groups is 1. The summed E-state index contributed by atoms with van der Waals surface area (Å²) in [5.41, 5.74) is 0.631. The molecule has 132 valence electrons. The Labute approximate surface area is 156 Å². The van der Waals surface area contributed by atoms with Gasteiger partial charge in [0.15, 0.2) is 0 Å². The van der Waals surface area contributed by atoms with Gasteiger partial charge < -0.3 is 15.0 Å². The molecule has 1 unspecified atom stereocenters. The van der Waals surface area contributed by atoms with Crippen molar-refractivity contribution in [3.63, 3.8) is 0 Å². The maximum absolute atomic E-state index is 12.9. The molecule has 1 aromatic carbocycles. The number of amides is 1. The highest BCUT2D eigenvalue weighted by atomic mass is 79.9. The maximum Gasteiger partial charge on any atom is 0.257 e. The molecule has 1 aromatic heterocycles. The van der Waals surface area contributed by atoms with E-state index in [-0.39, 0.29) is 11.9 Å². The van der Waals surface area contributed by atoms with Gasteiger partial charge in [0.1, 0.15) is 11.6 Å². The summed E-state index contributed by atoms with van der Waals surface area (Å²) in [7, 11) is 0. The van der Waals surface area contributed by atoms with Crippen LogP contribution in [0.3, 0.4) is 0 Å². The molecule has 0 radical (unpaired) electrons. The Kier molecular flexibility index (Phi) is 5.91. The third kappa shape index (κ3) is 4.51. The number of benzene rings is 1. The summed E-state index contributed by atoms with van der Waals surface area (Å²) in [6.45, 7) is 3.90. The van der Waals surface area contributed by atoms with Crippen LogP contribution in [0.5, 0.6) is 5.75 Å². The first-order chi connectivity index (χ1) is 12.2. The fourth-order valence-corrected chi connectivity index (χ4v) is 3.28. The van der Waals surface area contributed by atoms with Gasteiger partial charge in [-0.1, -0.05) is 12.1 Å². The third-order valence-electron chi connectivity index (χ3n) is 4.21. The van der Waals surface area contributed by atoms with Crippen molar-refractivity contribution in [1.29, 1.82) is 0 Å². The van der Waals surface area contributed by atoms with Crippen LogP contribution in [-0.4, -0.2) is 41.5 Å². The van der Waals surface area contributed by atoms with E-state index in [1.807, 2.05) is 48.2 Å². The zero-order chi connectivity index (χ0) is 17.6. The molecule has 1 amide bonds. The van der Waals surface area contributed by atoms with Crippen molar-refractivity contribution in [2.24, 2.45) is 0 Å². The van der Waals surface area contributed by atoms with Gasteiger partial charge >= 0.3 is 0 Å². The van der Waals surface area contributed by atoms with E-state index in [1.165, 1.54) is 0 Å². The molecule has 1 aliphatic heterocycles. The van der Waals surface area contributed by atoms with Crippen molar-refractivity contribution >= 4 is 27.7 Å². The van der Waals surface area contributed by atoms with Crippen LogP contribution in [-0.2, 0) is 0 Å². The first-order valence-electron chi connectivity index (χ1n) is 8.56. The zero-order valence-corrected chi connectivity index (χ0v) is 15.8. The predicted octanol–water partition coefficient (Wildman–Crippen LogP) is 3.96. The number of anilines is 1. The van der Waals surface area contributed by atoms with Gasteiger partial charge in [-0.2, -0.15) is 0 Å². The Morgan fingerprint density at radius 3 is 2.96 bits per heavy atom. The highest BCUT2D eigenvalue weighted by molar-refractivity contribution is 9.10. The molecule has 1 atom stereocenters. The molecule has 1 aliphatic rings. The number of ether oxygens (including phenoxy) is 1. The monoisotopic (exact) mass is 403 g/mol. The summed E-state index contributed by atoms with van der Waals surface area (Å²) in [5.74, 6) is 1.51. The molecule has 0 spiro atoms. The number of nitrogens with zero attached hydrogens (tertiary/aromatic N) is 2. The predicted molar refractivity (Wildman–Crippen MR) is 102 cm³/mol. The number of aromatic nitrogens is 1. The van der Waals surface area contributed by atoms with Crippen LogP contribution in [0.1, 0.15) is 30.1 Å². The SMILES string of the molecule is CCOc1ccccc1C(=O)N1CCCC(Nc2ccc(Br)cn2)C1. The van der Waals surface area contributed by atoms with Crippen molar-refractivity contribution in [2.75, 3.05) is 25.0 Å². The van der Waals surface area contributed by atoms with Crippen LogP contribution in [0.15, 0.2) is 47.1 Å². The van der Waals surface area contributed by atoms with Gasteiger partial charge in [0.05, 0.1) is 12.2 Å². The summed E-state index contributed by atoms with van der Waals surface area (Å²) in [6, 6.07) is 11.5. The number of nitrogens with one attached hydrogen (secondary N) is 1. The Bertz CT molecular complexity index is 721. The quantitative estimate of drug-likeness (QED) is 0.820. The van der Waals surface area contributed by atoms with Crippen LogP contribution in [0.4, 0.5) is 5.82 Å². The molecular weight excluding hydrogens is 382 g/mol. The summed E-state index contributed by atoms with van der Waals surface area (Å²) < 4.78 is 6.56. The smallest absolute Gasteiger partial charge is 0.257 e. The first-order valence-corrected chi connectivity index (χ1v) is 9.36. The average Bonchev–Trinajstić information content (AvgIpc) is 2.64. The van der Waals surface area contributed by atoms with Crippen LogP contribution < -0.4 is 10.1 Å². The lowest BCUT2D eigenvalue weighted by molar-refractivity contribution is 0.0710. The first kappa shape index (κ1) is 17.7. The van der Waals surface area contributed by atoms with Crippen LogP contribution >= 0.6 is 15.9 Å². The van der Waals surface area contributed by atoms with Crippen molar-refractivity contribution in [1.82, 2.24) is 9.88 Å². The number of rotatable bonds is 5. The highest BCUT2D eigenvalue weighted by Gasteiger charge is 2.26. The molecule has 2 heterocycles. The number of hydrogen-bond acceptors (Lipinski definition) is 4. The fourth-order valence-electron chi connectivity index (χ4n) is 3.04. The van der Waals surface area contributed by atoms with Gasteiger partial charge in [-0.25, -0.2) is 4.98 Å². The number of halogens is 1. The Hall–Kier alpha value is -2.08. The molecule has 1 N–H and O–H groups in total. The molecular formula is C19H22BrN3O2. The van der Waals surface area contributed by atoms with E-state index in [2.05, 4.69) is 26.2 Å². The van der Waals surface area contributed by atoms with E-state index in [1.54, 1.807) is 6.20 Å². The second-order valence-corrected chi connectivity index (χ2v) is 6.94. The minimum Gasteiger partial charge on any atom is -0.493 e. The molecule has 0 saturated carbocycles. The van der Waals surface area contributed by atoms with E-state index in [4.69, 9.17) is 4.74 Å². The van der Waals surface area contributed by atoms with Crippen molar-refractivity contribution in [3.05, 3.63) is 52.6 Å². The molecule has 0 bridgehead atoms. The lowest BCUT2D eigenvalue weighted by atomic mass is 10.0. The van der Waals surface area contributed by atoms with Gasteiger partial charge in [-0.3, -0.25) is 4.79 Å². The fraction of sp³-hybridized carbons (Fsp3) is 0.368. The minimum absolute atomic E-state index is 0.0271. The van der Waals surface area contributed by atoms with E-state index in [0.29, 0.717) is 24.5 Å². The number of piperidine rings is 1. The molecule has 0 aliphatic carbocycles. The third-order valence-corrected chi connectivity index (χ3v) is 4.67. The normalized spacial score (nSPS) is 17.2. The van der Waals surface area contributed by atoms with Crippen LogP contribution in [0, 0.1) is 0 Å². The van der Waals surface area contributed by atoms with Gasteiger partial charge in [0.25, 0.3) is 5.91 Å². The van der Waals surface area contributed by atoms with Crippen LogP contribution in [0.2, 0.25) is 0 Å². The molecule has 6 heteroatoms. The molecule has 3 rings (SSSR count). The molecule has 5 nitrogen and oxygen atoms in total. The molecule has 1 saturated heterocycles. The second kappa shape index (κ2) is 8.34. The van der Waals surface area contributed by atoms with Gasteiger partial charge in [0.2, 0.25) is 0 Å². The summed E-state index contributed by atoms with van der Waals surface area (Å²) >= 11 is 3.39. The van der Waals surface area contributed by atoms with Gasteiger partial charge in [-0.15, -0.1) is 0 Å². The van der Waals surface area contributed by atoms with Gasteiger partial charge in [0, 0.05) is 29.8 Å². The topological polar surface area (TPSA) is 54.5 Å². The Morgan fingerprint density at radius 1 is 1.36 bits per heavy atom. The molecule has 25 heavy (non-hydrogen) atoms. The number of carbonyl (C=O) groups excluding carboxylic acids is 1. The summed E-state index contributed by atoms with van der Waals surface area (Å²) in [4.78, 5) is 19.2. The number of likely N-dealkylation sites (tertiary alicyclic amines) is 1. The molecule has 1 fully saturated rings. The summed E-state index contributed by atoms with van der Waals surface area (Å²) in [6.07, 6.45) is 3.76. The second-order valence-electron chi connectivity index (χ2n) is 6.03. The van der Waals surface area contributed by atoms with Gasteiger partial charge in [-0.05, 0) is 60.0 Å². The average molecular weight is 404 g/mol. The van der Waals surface area contributed by atoms with Crippen molar-refractivity contribution in [3.8, 4) is 5.75 Å². The summed E-state index contributed by atoms with van der Waals surface area (Å²) in [5, 5.41) is 3.43. The van der Waals surface area contributed by atoms with E-state index in [0.717, 1.165) is 29.7 Å². The number of pyridine rings is 1. The van der Waals surface area contributed by atoms with Crippen LogP contribution in [0.25, 0.3) is 0 Å². The Balaban J connectivity index is 1.68. The van der Waals surface area contributed by atoms with E-state index < -0.39 is 0 Å². The Morgan fingerprint density at radius 2 is 2.20 bits per heavy atom. The minimum atomic E-state index is 0.0271. The molecule has 2 aromatic rings.